The molecule has 2 heterocycles. The molecule has 3 aromatic rings. The second-order valence-corrected chi connectivity index (χ2v) is 11.4. The molecule has 3 aromatic carbocycles. The Hall–Kier alpha value is -3.04. The molecule has 1 amide bonds. The number of hydrogen-bond acceptors (Lipinski definition) is 3. The molecule has 8 heteroatoms. The fraction of sp³-hybridized carbons (Fsp3) is 0.212. The molecule has 0 saturated carbocycles. The van der Waals surface area contributed by atoms with E-state index < -0.39 is 6.04 Å². The number of amides is 1. The van der Waals surface area contributed by atoms with Crippen molar-refractivity contribution in [2.45, 2.75) is 44.3 Å². The van der Waals surface area contributed by atoms with Crippen LogP contribution in [0, 0.1) is 12.3 Å². The molecule has 0 aromatic heterocycles. The van der Waals surface area contributed by atoms with Crippen molar-refractivity contribution in [3.05, 3.63) is 115 Å². The molecule has 2 N–H and O–H groups in total. The van der Waals surface area contributed by atoms with E-state index in [1.807, 2.05) is 30.3 Å². The number of benzene rings is 3. The second-order valence-electron chi connectivity index (χ2n) is 9.81. The Morgan fingerprint density at radius 3 is 1.80 bits per heavy atom. The van der Waals surface area contributed by atoms with Gasteiger partial charge in [-0.1, -0.05) is 88.9 Å². The molecule has 2 bridgehead atoms. The Balaban J connectivity index is 0.00000124. The minimum absolute atomic E-state index is 0.115. The van der Waals surface area contributed by atoms with E-state index in [0.29, 0.717) is 50.5 Å². The van der Waals surface area contributed by atoms with Gasteiger partial charge in [0.1, 0.15) is 0 Å². The van der Waals surface area contributed by atoms with Gasteiger partial charge in [-0.25, -0.2) is 0 Å². The SMILES string of the molecule is C#CC.N[C@@H](Cc1ccccc1)C(=O)N1C2CCC1/C(=C\c1ccc(Cl)c(Cl)c1)C(=O)/C2=C/c1ccc(Cl)c(Cl)c1. The van der Waals surface area contributed by atoms with Crippen molar-refractivity contribution in [3.8, 4) is 12.3 Å². The molecule has 2 fully saturated rings. The molecule has 2 saturated heterocycles. The average molecular weight is 626 g/mol. The maximum absolute atomic E-state index is 13.9. The number of nitrogens with zero attached hydrogens (tertiary/aromatic N) is 1. The number of fused-ring (bicyclic) bond motifs is 2. The Labute approximate surface area is 260 Å². The van der Waals surface area contributed by atoms with Gasteiger partial charge in [-0.15, -0.1) is 12.3 Å². The Bertz CT molecular complexity index is 1480. The number of hydrogen-bond donors (Lipinski definition) is 1. The third kappa shape index (κ3) is 7.07. The van der Waals surface area contributed by atoms with Gasteiger partial charge in [0.25, 0.3) is 0 Å². The molecule has 0 radical (unpaired) electrons. The predicted molar refractivity (Wildman–Crippen MR) is 170 cm³/mol. The highest BCUT2D eigenvalue weighted by Crippen LogP contribution is 2.42. The lowest BCUT2D eigenvalue weighted by molar-refractivity contribution is -0.135. The van der Waals surface area contributed by atoms with Gasteiger partial charge >= 0.3 is 0 Å². The zero-order valence-corrected chi connectivity index (χ0v) is 25.3. The lowest BCUT2D eigenvalue weighted by atomic mass is 9.87. The van der Waals surface area contributed by atoms with Crippen LogP contribution in [0.4, 0.5) is 0 Å². The quantitative estimate of drug-likeness (QED) is 0.231. The lowest BCUT2D eigenvalue weighted by Gasteiger charge is -2.39. The van der Waals surface area contributed by atoms with Gasteiger partial charge in [0.15, 0.2) is 5.78 Å². The van der Waals surface area contributed by atoms with E-state index >= 15 is 0 Å². The Morgan fingerprint density at radius 2 is 1.37 bits per heavy atom. The summed E-state index contributed by atoms with van der Waals surface area (Å²) in [6.07, 6.45) is 9.88. The van der Waals surface area contributed by atoms with E-state index in [1.54, 1.807) is 60.4 Å². The molecule has 2 aliphatic heterocycles. The number of Topliss-reactive ketones (excluding diaryl/α,β-unsaturated/α-hetero) is 1. The predicted octanol–water partition coefficient (Wildman–Crippen LogP) is 7.92. The summed E-state index contributed by atoms with van der Waals surface area (Å²) in [5, 5.41) is 1.62. The van der Waals surface area contributed by atoms with Crippen molar-refractivity contribution in [2.75, 3.05) is 0 Å². The summed E-state index contributed by atoms with van der Waals surface area (Å²) in [5.74, 6) is 1.95. The highest BCUT2D eigenvalue weighted by Gasteiger charge is 2.49. The molecule has 5 rings (SSSR count). The third-order valence-electron chi connectivity index (χ3n) is 7.03. The smallest absolute Gasteiger partial charge is 0.240 e. The molecule has 41 heavy (non-hydrogen) atoms. The van der Waals surface area contributed by atoms with E-state index in [9.17, 15) is 9.59 Å². The number of piperidine rings is 1. The maximum atomic E-state index is 13.9. The standard InChI is InChI=1S/C30H24Cl4N2O2.C3H4/c31-22-8-6-18(14-24(22)33)12-20-27-10-11-28(21(29(20)37)13-19-7-9-23(32)25(34)15-19)36(27)30(38)26(35)16-17-4-2-1-3-5-17;1-3-2/h1-9,12-15,26-28H,10-11,16,35H2;1H,2H3/b20-12+,21-13+;/t26-,27?,28?;/m0./s1. The van der Waals surface area contributed by atoms with Crippen molar-refractivity contribution in [1.29, 1.82) is 0 Å². The van der Waals surface area contributed by atoms with E-state index in [2.05, 4.69) is 12.3 Å². The molecule has 4 nitrogen and oxygen atoms in total. The van der Waals surface area contributed by atoms with Crippen LogP contribution in [0.15, 0.2) is 77.9 Å². The first-order valence-electron chi connectivity index (χ1n) is 13.0. The Kier molecular flexibility index (Phi) is 10.4. The normalized spacial score (nSPS) is 20.4. The number of terminal acetylenes is 1. The van der Waals surface area contributed by atoms with Crippen LogP contribution in [0.5, 0.6) is 0 Å². The summed E-state index contributed by atoms with van der Waals surface area (Å²) < 4.78 is 0. The summed E-state index contributed by atoms with van der Waals surface area (Å²) >= 11 is 24.7. The number of carbonyl (C=O) groups excluding carboxylic acids is 2. The number of ketones is 1. The summed E-state index contributed by atoms with van der Waals surface area (Å²) in [5.41, 5.74) is 9.92. The maximum Gasteiger partial charge on any atom is 0.240 e. The zero-order valence-electron chi connectivity index (χ0n) is 22.3. The number of carbonyl (C=O) groups is 2. The molecule has 2 aliphatic rings. The van der Waals surface area contributed by atoms with Crippen LogP contribution in [0.1, 0.15) is 36.5 Å². The van der Waals surface area contributed by atoms with Gasteiger partial charge in [0.2, 0.25) is 5.91 Å². The first-order chi connectivity index (χ1) is 19.6. The van der Waals surface area contributed by atoms with Crippen molar-refractivity contribution >= 4 is 70.2 Å². The fourth-order valence-corrected chi connectivity index (χ4v) is 5.85. The van der Waals surface area contributed by atoms with Gasteiger partial charge < -0.3 is 10.6 Å². The van der Waals surface area contributed by atoms with Gasteiger partial charge in [0.05, 0.1) is 38.2 Å². The lowest BCUT2D eigenvalue weighted by Crippen LogP contribution is -2.55. The van der Waals surface area contributed by atoms with E-state index in [-0.39, 0.29) is 23.8 Å². The van der Waals surface area contributed by atoms with Crippen LogP contribution in [0.3, 0.4) is 0 Å². The minimum atomic E-state index is -0.744. The van der Waals surface area contributed by atoms with Crippen molar-refractivity contribution in [3.63, 3.8) is 0 Å². The van der Waals surface area contributed by atoms with Crippen LogP contribution < -0.4 is 5.73 Å². The first kappa shape index (κ1) is 30.9. The van der Waals surface area contributed by atoms with E-state index in [0.717, 1.165) is 16.7 Å². The van der Waals surface area contributed by atoms with Crippen LogP contribution in [0.2, 0.25) is 20.1 Å². The Morgan fingerprint density at radius 1 is 0.902 bits per heavy atom. The summed E-state index contributed by atoms with van der Waals surface area (Å²) in [4.78, 5) is 29.5. The minimum Gasteiger partial charge on any atom is -0.327 e. The largest absolute Gasteiger partial charge is 0.327 e. The van der Waals surface area contributed by atoms with Gasteiger partial charge in [0, 0.05) is 11.1 Å². The van der Waals surface area contributed by atoms with Crippen LogP contribution in [-0.4, -0.2) is 34.7 Å². The molecule has 210 valence electrons. The summed E-state index contributed by atoms with van der Waals surface area (Å²) in [6, 6.07) is 18.5. The van der Waals surface area contributed by atoms with Crippen molar-refractivity contribution in [2.24, 2.45) is 5.73 Å². The number of rotatable bonds is 5. The van der Waals surface area contributed by atoms with E-state index in [1.165, 1.54) is 0 Å². The zero-order chi connectivity index (χ0) is 29.7. The van der Waals surface area contributed by atoms with E-state index in [4.69, 9.17) is 52.1 Å². The van der Waals surface area contributed by atoms with Crippen molar-refractivity contribution in [1.82, 2.24) is 4.90 Å². The highest BCUT2D eigenvalue weighted by atomic mass is 35.5. The molecular weight excluding hydrogens is 598 g/mol. The van der Waals surface area contributed by atoms with Gasteiger partial charge in [-0.3, -0.25) is 9.59 Å². The van der Waals surface area contributed by atoms with Gasteiger partial charge in [-0.2, -0.15) is 0 Å². The number of halogens is 4. The highest BCUT2D eigenvalue weighted by molar-refractivity contribution is 6.42. The molecule has 3 atom stereocenters. The summed E-state index contributed by atoms with van der Waals surface area (Å²) in [7, 11) is 0. The van der Waals surface area contributed by atoms with Crippen LogP contribution in [0.25, 0.3) is 12.2 Å². The third-order valence-corrected chi connectivity index (χ3v) is 8.51. The van der Waals surface area contributed by atoms with Gasteiger partial charge in [-0.05, 0) is 79.3 Å². The fourth-order valence-electron chi connectivity index (χ4n) is 5.23. The number of nitrogens with two attached hydrogens (primary N) is 1. The molecule has 0 spiro atoms. The first-order valence-corrected chi connectivity index (χ1v) is 14.5. The molecular formula is C33H28Cl4N2O2. The van der Waals surface area contributed by atoms with Crippen LogP contribution >= 0.6 is 46.4 Å². The molecule has 0 aliphatic carbocycles. The monoisotopic (exact) mass is 624 g/mol. The topological polar surface area (TPSA) is 63.4 Å². The summed E-state index contributed by atoms with van der Waals surface area (Å²) in [6.45, 7) is 1.65. The molecule has 2 unspecified atom stereocenters. The van der Waals surface area contributed by atoms with Crippen LogP contribution in [-0.2, 0) is 16.0 Å². The average Bonchev–Trinajstić information content (AvgIpc) is 3.33. The second kappa shape index (κ2) is 13.7. The van der Waals surface area contributed by atoms with Crippen molar-refractivity contribution < 1.29 is 9.59 Å².